The lowest BCUT2D eigenvalue weighted by Gasteiger charge is -2.40. The quantitative estimate of drug-likeness (QED) is 0.0733. The molecule has 0 amide bonds. The van der Waals surface area contributed by atoms with E-state index < -0.39 is 5.97 Å². The Morgan fingerprint density at radius 2 is 1.20 bits per heavy atom. The van der Waals surface area contributed by atoms with E-state index >= 15 is 0 Å². The van der Waals surface area contributed by atoms with Gasteiger partial charge in [-0.3, -0.25) is 0 Å². The van der Waals surface area contributed by atoms with Crippen molar-refractivity contribution in [3.63, 3.8) is 0 Å². The fraction of sp³-hybridized carbons (Fsp3) is 0.238. The van der Waals surface area contributed by atoms with E-state index in [4.69, 9.17) is 29.0 Å². The lowest BCUT2D eigenvalue weighted by atomic mass is 9.65. The van der Waals surface area contributed by atoms with Crippen molar-refractivity contribution >= 4 is 34.0 Å². The van der Waals surface area contributed by atoms with Crippen LogP contribution >= 0.6 is 0 Å². The molecule has 4 aromatic carbocycles. The number of pyridine rings is 2. The fourth-order valence-corrected chi connectivity index (χ4v) is 6.70. The number of nitrogens with zero attached hydrogens (tertiary/aromatic N) is 3. The summed E-state index contributed by atoms with van der Waals surface area (Å²) in [5.41, 5.74) is 5.84. The first-order valence-corrected chi connectivity index (χ1v) is 17.1. The number of carbonyl (C=O) groups excluding carboxylic acids is 1. The van der Waals surface area contributed by atoms with Crippen LogP contribution in [0.15, 0.2) is 126 Å². The minimum absolute atomic E-state index is 0.0945. The first-order chi connectivity index (χ1) is 24.6. The van der Waals surface area contributed by atoms with E-state index in [0.717, 1.165) is 76.6 Å². The van der Waals surface area contributed by atoms with Crippen molar-refractivity contribution < 1.29 is 23.8 Å². The highest BCUT2D eigenvalue weighted by Crippen LogP contribution is 2.46. The van der Waals surface area contributed by atoms with Gasteiger partial charge in [0.2, 0.25) is 0 Å². The molecule has 8 nitrogen and oxygen atoms in total. The van der Waals surface area contributed by atoms with Crippen molar-refractivity contribution in [1.29, 1.82) is 0 Å². The predicted octanol–water partition coefficient (Wildman–Crippen LogP) is 8.74. The zero-order valence-electron chi connectivity index (χ0n) is 28.0. The number of ether oxygens (including phenoxy) is 3. The van der Waals surface area contributed by atoms with Crippen LogP contribution in [0.2, 0.25) is 0 Å². The van der Waals surface area contributed by atoms with Gasteiger partial charge in [-0.1, -0.05) is 78.0 Å². The number of hydrogen-bond donors (Lipinski definition) is 0. The van der Waals surface area contributed by atoms with Crippen LogP contribution in [0, 0.1) is 0 Å². The largest absolute Gasteiger partial charge is 0.487 e. The number of benzene rings is 4. The van der Waals surface area contributed by atoms with Crippen molar-refractivity contribution in [1.82, 2.24) is 9.97 Å². The second-order valence-corrected chi connectivity index (χ2v) is 12.5. The van der Waals surface area contributed by atoms with Gasteiger partial charge in [-0.05, 0) is 92.3 Å². The molecule has 50 heavy (non-hydrogen) atoms. The van der Waals surface area contributed by atoms with Crippen LogP contribution in [0.4, 0.5) is 0 Å². The number of para-hydroxylation sites is 2. The number of aromatic nitrogens is 2. The smallest absolute Gasteiger partial charge is 0.352 e. The van der Waals surface area contributed by atoms with Gasteiger partial charge in [0, 0.05) is 16.2 Å². The molecule has 0 aliphatic heterocycles. The molecule has 7 rings (SSSR count). The predicted molar refractivity (Wildman–Crippen MR) is 194 cm³/mol. The molecular weight excluding hydrogens is 626 g/mol. The molecule has 8 heteroatoms. The van der Waals surface area contributed by atoms with E-state index in [0.29, 0.717) is 19.8 Å². The molecule has 0 saturated heterocycles. The van der Waals surface area contributed by atoms with Crippen molar-refractivity contribution in [3.8, 4) is 11.5 Å². The molecule has 1 fully saturated rings. The third-order valence-corrected chi connectivity index (χ3v) is 9.34. The summed E-state index contributed by atoms with van der Waals surface area (Å²) in [6, 6.07) is 41.2. The summed E-state index contributed by atoms with van der Waals surface area (Å²) in [7, 11) is 0. The minimum atomic E-state index is -0.505. The fourth-order valence-electron chi connectivity index (χ4n) is 6.70. The van der Waals surface area contributed by atoms with Crippen LogP contribution < -0.4 is 9.47 Å². The van der Waals surface area contributed by atoms with Crippen molar-refractivity contribution in [2.75, 3.05) is 6.61 Å². The highest BCUT2D eigenvalue weighted by molar-refractivity contribution is 6.22. The third kappa shape index (κ3) is 7.60. The van der Waals surface area contributed by atoms with E-state index in [1.807, 2.05) is 72.8 Å². The van der Waals surface area contributed by atoms with E-state index in [2.05, 4.69) is 53.7 Å². The molecule has 252 valence electrons. The Kier molecular flexibility index (Phi) is 9.96. The summed E-state index contributed by atoms with van der Waals surface area (Å²) in [6.07, 6.45) is 4.24. The van der Waals surface area contributed by atoms with Gasteiger partial charge in [-0.2, -0.15) is 0 Å². The normalized spacial score (nSPS) is 14.5. The summed E-state index contributed by atoms with van der Waals surface area (Å²) in [5.74, 6) is 1.07. The minimum Gasteiger partial charge on any atom is -0.487 e. The summed E-state index contributed by atoms with van der Waals surface area (Å²) >= 11 is 0. The average Bonchev–Trinajstić information content (AvgIpc) is 3.17. The molecule has 2 aromatic heterocycles. The Morgan fingerprint density at radius 3 is 1.70 bits per heavy atom. The second-order valence-electron chi connectivity index (χ2n) is 12.5. The molecule has 1 aliphatic rings. The van der Waals surface area contributed by atoms with Crippen molar-refractivity contribution in [2.45, 2.75) is 57.3 Å². The molecule has 1 saturated carbocycles. The monoisotopic (exact) mass is 665 g/mol. The van der Waals surface area contributed by atoms with Crippen LogP contribution in [0.25, 0.3) is 21.8 Å². The molecule has 2 heterocycles. The standard InChI is InChI=1S/C42H39N3O5/c1-2-47-41(46)27-43-50-38-23-25-42(26-24-38,32-13-19-36(20-14-32)48-28-34-17-11-30-7-3-5-9-39(30)44-34)33-15-21-37(22-16-33)49-29-35-18-12-31-8-4-6-10-40(31)45-35/h3-22,27,38H,2,23-26,28-29H2,1H3. The Hall–Kier alpha value is -5.76. The lowest BCUT2D eigenvalue weighted by molar-refractivity contribution is -0.134. The number of hydrogen-bond acceptors (Lipinski definition) is 8. The summed E-state index contributed by atoms with van der Waals surface area (Å²) in [4.78, 5) is 26.9. The van der Waals surface area contributed by atoms with Crippen LogP contribution in [0.5, 0.6) is 11.5 Å². The molecular formula is C42H39N3O5. The van der Waals surface area contributed by atoms with Gasteiger partial charge in [0.25, 0.3) is 0 Å². The van der Waals surface area contributed by atoms with E-state index in [-0.39, 0.29) is 11.5 Å². The Bertz CT molecular complexity index is 1960. The average molecular weight is 666 g/mol. The number of esters is 1. The first-order valence-electron chi connectivity index (χ1n) is 17.1. The van der Waals surface area contributed by atoms with Crippen molar-refractivity contribution in [3.05, 3.63) is 144 Å². The van der Waals surface area contributed by atoms with Crippen LogP contribution in [0.3, 0.4) is 0 Å². The van der Waals surface area contributed by atoms with E-state index in [1.165, 1.54) is 11.1 Å². The zero-order chi connectivity index (χ0) is 34.2. The Balaban J connectivity index is 1.06. The van der Waals surface area contributed by atoms with E-state index in [1.54, 1.807) is 6.92 Å². The molecule has 0 N–H and O–H groups in total. The van der Waals surface area contributed by atoms with E-state index in [9.17, 15) is 4.79 Å². The van der Waals surface area contributed by atoms with Gasteiger partial charge < -0.3 is 19.0 Å². The molecule has 0 bridgehead atoms. The van der Waals surface area contributed by atoms with Gasteiger partial charge in [-0.25, -0.2) is 14.8 Å². The van der Waals surface area contributed by atoms with Gasteiger partial charge in [-0.15, -0.1) is 0 Å². The topological polar surface area (TPSA) is 92.1 Å². The van der Waals surface area contributed by atoms with Crippen LogP contribution in [0.1, 0.15) is 55.1 Å². The molecule has 6 aromatic rings. The zero-order valence-corrected chi connectivity index (χ0v) is 28.0. The van der Waals surface area contributed by atoms with Crippen molar-refractivity contribution in [2.24, 2.45) is 5.16 Å². The summed E-state index contributed by atoms with van der Waals surface area (Å²) in [6.45, 7) is 2.83. The number of rotatable bonds is 12. The third-order valence-electron chi connectivity index (χ3n) is 9.34. The lowest BCUT2D eigenvalue weighted by Crippen LogP contribution is -2.35. The first kappa shape index (κ1) is 32.8. The van der Waals surface area contributed by atoms with Gasteiger partial charge >= 0.3 is 5.97 Å². The maximum Gasteiger partial charge on any atom is 0.352 e. The van der Waals surface area contributed by atoms with Gasteiger partial charge in [0.1, 0.15) is 30.8 Å². The SMILES string of the molecule is CCOC(=O)C=NOC1CCC(c2ccc(OCc3ccc4ccccc4n3)cc2)(c2ccc(OCc3ccc4ccccc4n3)cc2)CC1. The molecule has 1 aliphatic carbocycles. The van der Waals surface area contributed by atoms with Gasteiger partial charge in [0.15, 0.2) is 6.21 Å². The maximum atomic E-state index is 11.7. The Morgan fingerprint density at radius 1 is 0.700 bits per heavy atom. The molecule has 0 unspecified atom stereocenters. The summed E-state index contributed by atoms with van der Waals surface area (Å²) in [5, 5.41) is 6.13. The number of fused-ring (bicyclic) bond motifs is 2. The highest BCUT2D eigenvalue weighted by atomic mass is 16.6. The molecule has 0 atom stereocenters. The number of carbonyl (C=O) groups is 1. The second kappa shape index (κ2) is 15.2. The van der Waals surface area contributed by atoms with Crippen LogP contribution in [-0.2, 0) is 33.0 Å². The molecule has 0 spiro atoms. The maximum absolute atomic E-state index is 11.7. The highest BCUT2D eigenvalue weighted by Gasteiger charge is 2.39. The van der Waals surface area contributed by atoms with Gasteiger partial charge in [0.05, 0.1) is 29.0 Å². The number of oxime groups is 1. The Labute approximate surface area is 291 Å². The molecule has 0 radical (unpaired) electrons. The summed E-state index contributed by atoms with van der Waals surface area (Å²) < 4.78 is 17.3. The van der Waals surface area contributed by atoms with Crippen LogP contribution in [-0.4, -0.2) is 34.9 Å².